The molecular weight excluding hydrogens is 242 g/mol. The summed E-state index contributed by atoms with van der Waals surface area (Å²) >= 11 is 0. The van der Waals surface area contributed by atoms with E-state index in [0.29, 0.717) is 24.7 Å². The van der Waals surface area contributed by atoms with Gasteiger partial charge in [-0.05, 0) is 26.0 Å². The minimum absolute atomic E-state index is 0.145. The first-order valence-electron chi connectivity index (χ1n) is 5.41. The minimum atomic E-state index is -3.48. The van der Waals surface area contributed by atoms with Gasteiger partial charge in [0.1, 0.15) is 13.2 Å². The number of ether oxygens (including phenoxy) is 2. The van der Waals surface area contributed by atoms with Crippen LogP contribution in [0.5, 0.6) is 11.5 Å². The molecule has 1 aromatic carbocycles. The Bertz CT molecular complexity index is 510. The van der Waals surface area contributed by atoms with E-state index in [1.54, 1.807) is 19.9 Å². The largest absolute Gasteiger partial charge is 0.486 e. The third-order valence-corrected chi connectivity index (χ3v) is 3.87. The van der Waals surface area contributed by atoms with Gasteiger partial charge in [-0.2, -0.15) is 0 Å². The summed E-state index contributed by atoms with van der Waals surface area (Å²) in [7, 11) is -3.48. The molecule has 0 aliphatic carbocycles. The molecule has 1 aliphatic heterocycles. The third kappa shape index (κ3) is 2.70. The highest BCUT2D eigenvalue weighted by atomic mass is 32.2. The fourth-order valence-electron chi connectivity index (χ4n) is 1.57. The van der Waals surface area contributed by atoms with Gasteiger partial charge in [0, 0.05) is 12.1 Å². The standard InChI is InChI=1S/C11H15NO4S/c1-8(2)12-17(13,14)9-3-4-10-11(7-9)16-6-5-15-10/h3-4,7-8,12H,5-6H2,1-2H3. The first kappa shape index (κ1) is 12.2. The molecule has 0 radical (unpaired) electrons. The van der Waals surface area contributed by atoms with Gasteiger partial charge in [-0.3, -0.25) is 0 Å². The summed E-state index contributed by atoms with van der Waals surface area (Å²) in [6, 6.07) is 4.47. The van der Waals surface area contributed by atoms with E-state index in [0.717, 1.165) is 0 Å². The van der Waals surface area contributed by atoms with Crippen molar-refractivity contribution in [3.63, 3.8) is 0 Å². The van der Waals surface area contributed by atoms with Gasteiger partial charge in [-0.25, -0.2) is 13.1 Å². The van der Waals surface area contributed by atoms with Crippen LogP contribution in [-0.4, -0.2) is 27.7 Å². The molecular formula is C11H15NO4S. The number of hydrogen-bond acceptors (Lipinski definition) is 4. The normalized spacial score (nSPS) is 15.0. The predicted molar refractivity (Wildman–Crippen MR) is 62.9 cm³/mol. The van der Waals surface area contributed by atoms with E-state index in [1.165, 1.54) is 12.1 Å². The van der Waals surface area contributed by atoms with E-state index in [9.17, 15) is 8.42 Å². The molecule has 0 fully saturated rings. The fourth-order valence-corrected chi connectivity index (χ4v) is 2.84. The van der Waals surface area contributed by atoms with Crippen molar-refractivity contribution in [1.82, 2.24) is 4.72 Å². The van der Waals surface area contributed by atoms with Crippen LogP contribution >= 0.6 is 0 Å². The zero-order valence-electron chi connectivity index (χ0n) is 9.76. The number of sulfonamides is 1. The summed E-state index contributed by atoms with van der Waals surface area (Å²) in [5.74, 6) is 1.06. The molecule has 1 heterocycles. The highest BCUT2D eigenvalue weighted by Gasteiger charge is 2.19. The maximum absolute atomic E-state index is 11.9. The summed E-state index contributed by atoms with van der Waals surface area (Å²) in [4.78, 5) is 0.190. The average molecular weight is 257 g/mol. The fraction of sp³-hybridized carbons (Fsp3) is 0.455. The highest BCUT2D eigenvalue weighted by Crippen LogP contribution is 2.32. The van der Waals surface area contributed by atoms with Crippen molar-refractivity contribution < 1.29 is 17.9 Å². The van der Waals surface area contributed by atoms with E-state index in [-0.39, 0.29) is 10.9 Å². The van der Waals surface area contributed by atoms with Crippen LogP contribution < -0.4 is 14.2 Å². The molecule has 17 heavy (non-hydrogen) atoms. The molecule has 0 unspecified atom stereocenters. The second-order valence-corrected chi connectivity index (χ2v) is 5.80. The zero-order chi connectivity index (χ0) is 12.5. The van der Waals surface area contributed by atoms with Crippen molar-refractivity contribution in [2.24, 2.45) is 0 Å². The van der Waals surface area contributed by atoms with E-state index in [2.05, 4.69) is 4.72 Å². The SMILES string of the molecule is CC(C)NS(=O)(=O)c1ccc2c(c1)OCCO2. The Balaban J connectivity index is 2.34. The van der Waals surface area contributed by atoms with Gasteiger partial charge in [0.15, 0.2) is 11.5 Å². The Labute approximate surface area is 101 Å². The molecule has 0 saturated carbocycles. The van der Waals surface area contributed by atoms with Crippen molar-refractivity contribution in [3.8, 4) is 11.5 Å². The molecule has 0 bridgehead atoms. The molecule has 1 N–H and O–H groups in total. The van der Waals surface area contributed by atoms with Crippen molar-refractivity contribution >= 4 is 10.0 Å². The summed E-state index contributed by atoms with van der Waals surface area (Å²) in [6.45, 7) is 4.47. The lowest BCUT2D eigenvalue weighted by Gasteiger charge is -2.19. The third-order valence-electron chi connectivity index (χ3n) is 2.21. The summed E-state index contributed by atoms with van der Waals surface area (Å²) in [6.07, 6.45) is 0. The van der Waals surface area contributed by atoms with E-state index >= 15 is 0 Å². The van der Waals surface area contributed by atoms with Crippen molar-refractivity contribution in [3.05, 3.63) is 18.2 Å². The maximum Gasteiger partial charge on any atom is 0.240 e. The lowest BCUT2D eigenvalue weighted by Crippen LogP contribution is -2.30. The van der Waals surface area contributed by atoms with Crippen LogP contribution in [-0.2, 0) is 10.0 Å². The van der Waals surface area contributed by atoms with Gasteiger partial charge in [0.25, 0.3) is 0 Å². The number of hydrogen-bond donors (Lipinski definition) is 1. The Hall–Kier alpha value is -1.27. The molecule has 0 saturated heterocycles. The Morgan fingerprint density at radius 3 is 2.47 bits per heavy atom. The maximum atomic E-state index is 11.9. The molecule has 94 valence electrons. The Kier molecular flexibility index (Phi) is 3.26. The molecule has 0 amide bonds. The number of benzene rings is 1. The molecule has 1 aliphatic rings. The highest BCUT2D eigenvalue weighted by molar-refractivity contribution is 7.89. The number of nitrogens with one attached hydrogen (secondary N) is 1. The first-order valence-corrected chi connectivity index (χ1v) is 6.89. The van der Waals surface area contributed by atoms with Crippen LogP contribution in [0.15, 0.2) is 23.1 Å². The topological polar surface area (TPSA) is 64.6 Å². The van der Waals surface area contributed by atoms with Gasteiger partial charge in [-0.1, -0.05) is 0 Å². The summed E-state index contributed by atoms with van der Waals surface area (Å²) in [5.41, 5.74) is 0. The minimum Gasteiger partial charge on any atom is -0.486 e. The zero-order valence-corrected chi connectivity index (χ0v) is 10.6. The Morgan fingerprint density at radius 2 is 1.82 bits per heavy atom. The van der Waals surface area contributed by atoms with Crippen LogP contribution in [0.4, 0.5) is 0 Å². The monoisotopic (exact) mass is 257 g/mol. The molecule has 2 rings (SSSR count). The van der Waals surface area contributed by atoms with Crippen molar-refractivity contribution in [1.29, 1.82) is 0 Å². The summed E-state index contributed by atoms with van der Waals surface area (Å²) in [5, 5.41) is 0. The molecule has 5 nitrogen and oxygen atoms in total. The van der Waals surface area contributed by atoms with Crippen LogP contribution in [0, 0.1) is 0 Å². The molecule has 0 spiro atoms. The van der Waals surface area contributed by atoms with E-state index in [1.807, 2.05) is 0 Å². The number of fused-ring (bicyclic) bond motifs is 1. The van der Waals surface area contributed by atoms with Gasteiger partial charge < -0.3 is 9.47 Å². The lowest BCUT2D eigenvalue weighted by molar-refractivity contribution is 0.171. The second-order valence-electron chi connectivity index (χ2n) is 4.08. The molecule has 0 aromatic heterocycles. The molecule has 0 atom stereocenters. The van der Waals surface area contributed by atoms with Gasteiger partial charge in [-0.15, -0.1) is 0 Å². The van der Waals surface area contributed by atoms with Gasteiger partial charge >= 0.3 is 0 Å². The van der Waals surface area contributed by atoms with Gasteiger partial charge in [0.05, 0.1) is 4.90 Å². The average Bonchev–Trinajstić information content (AvgIpc) is 2.26. The van der Waals surface area contributed by atoms with Crippen LogP contribution in [0.3, 0.4) is 0 Å². The summed E-state index contributed by atoms with van der Waals surface area (Å²) < 4.78 is 37.0. The van der Waals surface area contributed by atoms with Crippen molar-refractivity contribution in [2.75, 3.05) is 13.2 Å². The van der Waals surface area contributed by atoms with E-state index in [4.69, 9.17) is 9.47 Å². The van der Waals surface area contributed by atoms with E-state index < -0.39 is 10.0 Å². The van der Waals surface area contributed by atoms with Crippen LogP contribution in [0.2, 0.25) is 0 Å². The first-order chi connectivity index (χ1) is 7.99. The van der Waals surface area contributed by atoms with Gasteiger partial charge in [0.2, 0.25) is 10.0 Å². The lowest BCUT2D eigenvalue weighted by atomic mass is 10.3. The number of rotatable bonds is 3. The van der Waals surface area contributed by atoms with Crippen molar-refractivity contribution in [2.45, 2.75) is 24.8 Å². The van der Waals surface area contributed by atoms with Crippen LogP contribution in [0.25, 0.3) is 0 Å². The smallest absolute Gasteiger partial charge is 0.240 e. The van der Waals surface area contributed by atoms with Crippen LogP contribution in [0.1, 0.15) is 13.8 Å². The molecule has 6 heteroatoms. The molecule has 1 aromatic rings. The quantitative estimate of drug-likeness (QED) is 0.882. The Morgan fingerprint density at radius 1 is 1.18 bits per heavy atom. The second kappa shape index (κ2) is 4.54. The predicted octanol–water partition coefficient (Wildman–Crippen LogP) is 1.14.